The molecule has 0 aliphatic rings. The van der Waals surface area contributed by atoms with E-state index in [9.17, 15) is 0 Å². The van der Waals surface area contributed by atoms with E-state index in [-0.39, 0.29) is 5.54 Å². The molecular formula is C14H27N3. The summed E-state index contributed by atoms with van der Waals surface area (Å²) in [7, 11) is 1.96. The van der Waals surface area contributed by atoms with Crippen LogP contribution in [0.15, 0.2) is 12.4 Å². The fraction of sp³-hybridized carbons (Fsp3) is 0.786. The summed E-state index contributed by atoms with van der Waals surface area (Å²) in [4.78, 5) is 0. The predicted molar refractivity (Wildman–Crippen MR) is 73.1 cm³/mol. The maximum Gasteiger partial charge on any atom is 0.0522 e. The third kappa shape index (κ3) is 5.87. The Kier molecular flexibility index (Phi) is 4.36. The Hall–Kier alpha value is -0.830. The minimum atomic E-state index is 0.195. The second kappa shape index (κ2) is 5.21. The van der Waals surface area contributed by atoms with Gasteiger partial charge >= 0.3 is 0 Å². The lowest BCUT2D eigenvalue weighted by Gasteiger charge is -2.33. The summed E-state index contributed by atoms with van der Waals surface area (Å²) in [6.45, 7) is 12.4. The van der Waals surface area contributed by atoms with E-state index in [2.05, 4.69) is 51.2 Å². The van der Waals surface area contributed by atoms with Crippen molar-refractivity contribution in [2.24, 2.45) is 12.5 Å². The van der Waals surface area contributed by atoms with Gasteiger partial charge in [-0.05, 0) is 44.2 Å². The monoisotopic (exact) mass is 237 g/mol. The zero-order chi connectivity index (χ0) is 13.1. The van der Waals surface area contributed by atoms with Crippen molar-refractivity contribution >= 4 is 0 Å². The van der Waals surface area contributed by atoms with Crippen LogP contribution < -0.4 is 5.32 Å². The average molecular weight is 237 g/mol. The van der Waals surface area contributed by atoms with E-state index < -0.39 is 0 Å². The molecule has 0 aliphatic heterocycles. The predicted octanol–water partition coefficient (Wildman–Crippen LogP) is 2.77. The van der Waals surface area contributed by atoms with Crippen molar-refractivity contribution in [1.82, 2.24) is 15.1 Å². The third-order valence-electron chi connectivity index (χ3n) is 2.75. The highest BCUT2D eigenvalue weighted by atomic mass is 15.2. The molecule has 1 aromatic heterocycles. The van der Waals surface area contributed by atoms with E-state index >= 15 is 0 Å². The zero-order valence-corrected chi connectivity index (χ0v) is 12.2. The molecular weight excluding hydrogens is 210 g/mol. The number of nitrogens with zero attached hydrogens (tertiary/aromatic N) is 2. The van der Waals surface area contributed by atoms with Gasteiger partial charge in [-0.15, -0.1) is 0 Å². The Bertz CT molecular complexity index is 345. The fourth-order valence-corrected chi connectivity index (χ4v) is 2.53. The number of nitrogens with one attached hydrogen (secondary N) is 1. The fourth-order valence-electron chi connectivity index (χ4n) is 2.53. The van der Waals surface area contributed by atoms with Gasteiger partial charge in [-0.25, -0.2) is 0 Å². The molecule has 3 heteroatoms. The number of hydrogen-bond donors (Lipinski definition) is 1. The van der Waals surface area contributed by atoms with E-state index in [0.29, 0.717) is 5.41 Å². The molecule has 0 saturated carbocycles. The molecule has 0 unspecified atom stereocenters. The van der Waals surface area contributed by atoms with Crippen LogP contribution in [0.5, 0.6) is 0 Å². The minimum Gasteiger partial charge on any atom is -0.311 e. The zero-order valence-electron chi connectivity index (χ0n) is 12.2. The first-order valence-corrected chi connectivity index (χ1v) is 6.41. The summed E-state index contributed by atoms with van der Waals surface area (Å²) in [5.74, 6) is 0. The molecule has 1 N–H and O–H groups in total. The van der Waals surface area contributed by atoms with Gasteiger partial charge in [-0.3, -0.25) is 4.68 Å². The van der Waals surface area contributed by atoms with Crippen LogP contribution in [0.4, 0.5) is 0 Å². The topological polar surface area (TPSA) is 29.9 Å². The van der Waals surface area contributed by atoms with E-state index in [1.165, 1.54) is 12.0 Å². The quantitative estimate of drug-likeness (QED) is 0.853. The Morgan fingerprint density at radius 1 is 1.24 bits per heavy atom. The Morgan fingerprint density at radius 3 is 2.35 bits per heavy atom. The first kappa shape index (κ1) is 14.2. The first-order chi connectivity index (χ1) is 7.68. The van der Waals surface area contributed by atoms with Crippen LogP contribution in [0.1, 0.15) is 46.6 Å². The van der Waals surface area contributed by atoms with Gasteiger partial charge in [0.05, 0.1) is 6.20 Å². The maximum atomic E-state index is 4.18. The lowest BCUT2D eigenvalue weighted by atomic mass is 9.82. The Morgan fingerprint density at radius 2 is 1.88 bits per heavy atom. The average Bonchev–Trinajstić information content (AvgIpc) is 2.46. The molecule has 0 aliphatic carbocycles. The van der Waals surface area contributed by atoms with E-state index in [0.717, 1.165) is 13.0 Å². The van der Waals surface area contributed by atoms with Gasteiger partial charge in [0.2, 0.25) is 0 Å². The summed E-state index contributed by atoms with van der Waals surface area (Å²) < 4.78 is 1.86. The van der Waals surface area contributed by atoms with E-state index in [4.69, 9.17) is 0 Å². The summed E-state index contributed by atoms with van der Waals surface area (Å²) in [5.41, 5.74) is 1.86. The first-order valence-electron chi connectivity index (χ1n) is 6.41. The maximum absolute atomic E-state index is 4.18. The SMILES string of the molecule is Cn1cc(CCNC(C)(C)CC(C)(C)C)cn1. The molecule has 1 rings (SSSR count). The van der Waals surface area contributed by atoms with Gasteiger partial charge in [0, 0.05) is 18.8 Å². The van der Waals surface area contributed by atoms with Gasteiger partial charge in [0.1, 0.15) is 0 Å². The lowest BCUT2D eigenvalue weighted by molar-refractivity contribution is 0.243. The second-order valence-electron chi connectivity index (χ2n) is 6.82. The van der Waals surface area contributed by atoms with Crippen molar-refractivity contribution in [1.29, 1.82) is 0 Å². The molecule has 0 saturated heterocycles. The third-order valence-corrected chi connectivity index (χ3v) is 2.75. The number of aromatic nitrogens is 2. The van der Waals surface area contributed by atoms with Crippen LogP contribution in [0, 0.1) is 5.41 Å². The standard InChI is InChI=1S/C14H27N3/c1-13(2,3)11-14(4,5)15-8-7-12-9-16-17(6)10-12/h9-10,15H,7-8,11H2,1-6H3. The highest BCUT2D eigenvalue weighted by Crippen LogP contribution is 2.26. The molecule has 1 aromatic rings. The van der Waals surface area contributed by atoms with Crippen molar-refractivity contribution in [2.45, 2.75) is 53.0 Å². The summed E-state index contributed by atoms with van der Waals surface area (Å²) in [6, 6.07) is 0. The lowest BCUT2D eigenvalue weighted by Crippen LogP contribution is -2.43. The van der Waals surface area contributed by atoms with Crippen molar-refractivity contribution in [3.63, 3.8) is 0 Å². The molecule has 17 heavy (non-hydrogen) atoms. The van der Waals surface area contributed by atoms with Crippen LogP contribution in [0.2, 0.25) is 0 Å². The van der Waals surface area contributed by atoms with Crippen LogP contribution in [0.25, 0.3) is 0 Å². The molecule has 0 aromatic carbocycles. The van der Waals surface area contributed by atoms with Crippen molar-refractivity contribution < 1.29 is 0 Å². The molecule has 0 amide bonds. The summed E-state index contributed by atoms with van der Waals surface area (Å²) in [5, 5.41) is 7.82. The van der Waals surface area contributed by atoms with Crippen LogP contribution >= 0.6 is 0 Å². The number of rotatable bonds is 5. The van der Waals surface area contributed by atoms with Gasteiger partial charge in [-0.2, -0.15) is 5.10 Å². The largest absolute Gasteiger partial charge is 0.311 e. The van der Waals surface area contributed by atoms with Crippen molar-refractivity contribution in [2.75, 3.05) is 6.54 Å². The van der Waals surface area contributed by atoms with Gasteiger partial charge in [-0.1, -0.05) is 20.8 Å². The molecule has 0 bridgehead atoms. The van der Waals surface area contributed by atoms with Gasteiger partial charge < -0.3 is 5.32 Å². The van der Waals surface area contributed by atoms with Crippen molar-refractivity contribution in [3.05, 3.63) is 18.0 Å². The molecule has 0 fully saturated rings. The molecule has 0 spiro atoms. The molecule has 3 nitrogen and oxygen atoms in total. The Balaban J connectivity index is 2.35. The Labute approximate surface area is 106 Å². The summed E-state index contributed by atoms with van der Waals surface area (Å²) >= 11 is 0. The minimum absolute atomic E-state index is 0.195. The van der Waals surface area contributed by atoms with Crippen LogP contribution in [-0.2, 0) is 13.5 Å². The van der Waals surface area contributed by atoms with Gasteiger partial charge in [0.25, 0.3) is 0 Å². The molecule has 0 radical (unpaired) electrons. The summed E-state index contributed by atoms with van der Waals surface area (Å²) in [6.07, 6.45) is 6.24. The van der Waals surface area contributed by atoms with Crippen LogP contribution in [0.3, 0.4) is 0 Å². The van der Waals surface area contributed by atoms with E-state index in [1.807, 2.05) is 17.9 Å². The normalized spacial score (nSPS) is 13.1. The molecule has 0 atom stereocenters. The number of aryl methyl sites for hydroxylation is 1. The molecule has 98 valence electrons. The van der Waals surface area contributed by atoms with Crippen molar-refractivity contribution in [3.8, 4) is 0 Å². The number of hydrogen-bond acceptors (Lipinski definition) is 2. The molecule has 1 heterocycles. The van der Waals surface area contributed by atoms with Gasteiger partial charge in [0.15, 0.2) is 0 Å². The highest BCUT2D eigenvalue weighted by molar-refractivity contribution is 5.04. The smallest absolute Gasteiger partial charge is 0.0522 e. The van der Waals surface area contributed by atoms with E-state index in [1.54, 1.807) is 0 Å². The highest BCUT2D eigenvalue weighted by Gasteiger charge is 2.24. The van der Waals surface area contributed by atoms with Crippen LogP contribution in [-0.4, -0.2) is 21.9 Å². The second-order valence-corrected chi connectivity index (χ2v) is 6.82.